The van der Waals surface area contributed by atoms with Crippen molar-refractivity contribution >= 4 is 10.1 Å². The van der Waals surface area contributed by atoms with Crippen molar-refractivity contribution < 1.29 is 17.5 Å². The molecule has 18 heavy (non-hydrogen) atoms. The molecular formula is C13H29NO3S. The summed E-state index contributed by atoms with van der Waals surface area (Å²) in [5, 5.41) is 0. The predicted octanol–water partition coefficient (Wildman–Crippen LogP) is 2.36. The highest BCUT2D eigenvalue weighted by atomic mass is 32.2. The van der Waals surface area contributed by atoms with Crippen LogP contribution in [0.15, 0.2) is 0 Å². The lowest BCUT2D eigenvalue weighted by Crippen LogP contribution is -2.50. The summed E-state index contributed by atoms with van der Waals surface area (Å²) in [7, 11) is -0.111. The summed E-state index contributed by atoms with van der Waals surface area (Å²) in [6, 6.07) is -0.136. The van der Waals surface area contributed by atoms with Gasteiger partial charge >= 0.3 is 0 Å². The Labute approximate surface area is 113 Å². The molecule has 5 heteroatoms. The maximum Gasteiger partial charge on any atom is 0.100 e. The van der Waals surface area contributed by atoms with Gasteiger partial charge in [-0.3, -0.25) is 0 Å². The van der Waals surface area contributed by atoms with E-state index in [0.29, 0.717) is 4.48 Å². The minimum Gasteiger partial charge on any atom is -0.748 e. The molecular weight excluding hydrogens is 250 g/mol. The maximum atomic E-state index is 10.8. The highest BCUT2D eigenvalue weighted by Gasteiger charge is 2.25. The van der Waals surface area contributed by atoms with E-state index in [4.69, 9.17) is 0 Å². The first kappa shape index (κ1) is 17.9. The molecule has 1 atom stereocenters. The fourth-order valence-electron chi connectivity index (χ4n) is 2.02. The average molecular weight is 279 g/mol. The second kappa shape index (κ2) is 8.12. The van der Waals surface area contributed by atoms with Gasteiger partial charge in [-0.25, -0.2) is 8.42 Å². The molecule has 0 heterocycles. The molecule has 0 radical (unpaired) electrons. The zero-order chi connectivity index (χ0) is 14.2. The van der Waals surface area contributed by atoms with Crippen LogP contribution in [0.1, 0.15) is 52.4 Å². The van der Waals surface area contributed by atoms with Crippen molar-refractivity contribution in [3.63, 3.8) is 0 Å². The number of hydrogen-bond donors (Lipinski definition) is 0. The van der Waals surface area contributed by atoms with Crippen LogP contribution in [0.3, 0.4) is 0 Å². The lowest BCUT2D eigenvalue weighted by Gasteiger charge is -2.36. The van der Waals surface area contributed by atoms with Gasteiger partial charge in [-0.2, -0.15) is 0 Å². The van der Waals surface area contributed by atoms with Gasteiger partial charge in [0.1, 0.15) is 10.1 Å². The van der Waals surface area contributed by atoms with Crippen LogP contribution in [0.2, 0.25) is 0 Å². The third-order valence-corrected chi connectivity index (χ3v) is 4.62. The quantitative estimate of drug-likeness (QED) is 0.350. The Hall–Kier alpha value is -0.130. The normalized spacial score (nSPS) is 14.7. The van der Waals surface area contributed by atoms with Crippen LogP contribution in [0.5, 0.6) is 0 Å². The van der Waals surface area contributed by atoms with E-state index >= 15 is 0 Å². The fourth-order valence-corrected chi connectivity index (χ4v) is 3.01. The summed E-state index contributed by atoms with van der Waals surface area (Å²) in [5.41, 5.74) is 0. The molecule has 0 aromatic carbocycles. The van der Waals surface area contributed by atoms with Gasteiger partial charge < -0.3 is 9.04 Å². The summed E-state index contributed by atoms with van der Waals surface area (Å²) < 4.78 is 32.9. The van der Waals surface area contributed by atoms with Crippen molar-refractivity contribution in [1.82, 2.24) is 0 Å². The summed E-state index contributed by atoms with van der Waals surface area (Å²) in [6.45, 7) is 4.97. The van der Waals surface area contributed by atoms with E-state index in [1.54, 1.807) is 0 Å². The molecule has 0 aliphatic heterocycles. The van der Waals surface area contributed by atoms with E-state index in [9.17, 15) is 13.0 Å². The van der Waals surface area contributed by atoms with Gasteiger partial charge in [0.2, 0.25) is 0 Å². The summed E-state index contributed by atoms with van der Waals surface area (Å²) in [5.74, 6) is -0.268. The molecule has 0 amide bonds. The molecule has 0 aromatic heterocycles. The summed E-state index contributed by atoms with van der Waals surface area (Å²) in [4.78, 5) is 0. The van der Waals surface area contributed by atoms with Crippen molar-refractivity contribution in [3.8, 4) is 0 Å². The van der Waals surface area contributed by atoms with E-state index in [1.165, 1.54) is 32.1 Å². The zero-order valence-corrected chi connectivity index (χ0v) is 13.1. The van der Waals surface area contributed by atoms with Crippen LogP contribution in [0.25, 0.3) is 0 Å². The second-order valence-corrected chi connectivity index (χ2v) is 7.29. The van der Waals surface area contributed by atoms with Crippen LogP contribution >= 0.6 is 0 Å². The Morgan fingerprint density at radius 2 is 1.56 bits per heavy atom. The molecule has 0 rings (SSSR count). The van der Waals surface area contributed by atoms with Gasteiger partial charge in [0, 0.05) is 0 Å². The first-order valence-electron chi connectivity index (χ1n) is 6.95. The number of rotatable bonds is 10. The van der Waals surface area contributed by atoms with E-state index in [-0.39, 0.29) is 11.8 Å². The van der Waals surface area contributed by atoms with E-state index in [1.807, 2.05) is 21.0 Å². The maximum absolute atomic E-state index is 10.8. The van der Waals surface area contributed by atoms with Gasteiger partial charge in [0.25, 0.3) is 0 Å². The Morgan fingerprint density at radius 3 is 2.06 bits per heavy atom. The van der Waals surface area contributed by atoms with Crippen molar-refractivity contribution in [1.29, 1.82) is 0 Å². The SMILES string of the molecule is CCCCCCCC[N+](C)(C)C(C)CS(=O)(=O)[O-]. The standard InChI is InChI=1S/C13H29NO3S/c1-5-6-7-8-9-10-11-14(3,4)13(2)12-18(15,16)17/h13H,5-12H2,1-4H3. The first-order valence-corrected chi connectivity index (χ1v) is 8.53. The number of unbranched alkanes of at least 4 members (excludes halogenated alkanes) is 5. The molecule has 110 valence electrons. The molecule has 0 aromatic rings. The van der Waals surface area contributed by atoms with Crippen molar-refractivity contribution in [2.24, 2.45) is 0 Å². The van der Waals surface area contributed by atoms with E-state index in [2.05, 4.69) is 6.92 Å². The molecule has 4 nitrogen and oxygen atoms in total. The molecule has 1 unspecified atom stereocenters. The van der Waals surface area contributed by atoms with E-state index < -0.39 is 10.1 Å². The number of hydrogen-bond acceptors (Lipinski definition) is 3. The van der Waals surface area contributed by atoms with Crippen LogP contribution in [-0.2, 0) is 10.1 Å². The molecule has 0 bridgehead atoms. The van der Waals surface area contributed by atoms with Crippen LogP contribution < -0.4 is 0 Å². The third-order valence-electron chi connectivity index (χ3n) is 3.73. The van der Waals surface area contributed by atoms with Crippen LogP contribution in [-0.4, -0.2) is 49.9 Å². The molecule has 0 fully saturated rings. The minimum absolute atomic E-state index is 0.136. The predicted molar refractivity (Wildman–Crippen MR) is 74.4 cm³/mol. The minimum atomic E-state index is -4.11. The smallest absolute Gasteiger partial charge is 0.100 e. The van der Waals surface area contributed by atoms with Crippen LogP contribution in [0.4, 0.5) is 0 Å². The molecule has 0 aliphatic rings. The summed E-state index contributed by atoms with van der Waals surface area (Å²) in [6.07, 6.45) is 7.37. The molecule has 0 N–H and O–H groups in total. The van der Waals surface area contributed by atoms with Crippen LogP contribution in [0, 0.1) is 0 Å². The highest BCUT2D eigenvalue weighted by Crippen LogP contribution is 2.13. The molecule has 0 saturated carbocycles. The Bertz CT molecular complexity index is 312. The molecule has 0 spiro atoms. The fraction of sp³-hybridized carbons (Fsp3) is 1.00. The molecule has 0 saturated heterocycles. The first-order chi connectivity index (χ1) is 8.19. The van der Waals surface area contributed by atoms with Crippen molar-refractivity contribution in [2.75, 3.05) is 26.4 Å². The average Bonchev–Trinajstić information content (AvgIpc) is 2.20. The van der Waals surface area contributed by atoms with Crippen molar-refractivity contribution in [2.45, 2.75) is 58.4 Å². The van der Waals surface area contributed by atoms with Gasteiger partial charge in [0.15, 0.2) is 0 Å². The zero-order valence-electron chi connectivity index (χ0n) is 12.3. The van der Waals surface area contributed by atoms with Gasteiger partial charge in [-0.15, -0.1) is 0 Å². The molecule has 0 aliphatic carbocycles. The topological polar surface area (TPSA) is 57.2 Å². The third kappa shape index (κ3) is 8.89. The monoisotopic (exact) mass is 279 g/mol. The van der Waals surface area contributed by atoms with Gasteiger partial charge in [-0.1, -0.05) is 32.6 Å². The Morgan fingerprint density at radius 1 is 1.06 bits per heavy atom. The lowest BCUT2D eigenvalue weighted by molar-refractivity contribution is -0.910. The van der Waals surface area contributed by atoms with Crippen molar-refractivity contribution in [3.05, 3.63) is 0 Å². The van der Waals surface area contributed by atoms with E-state index in [0.717, 1.165) is 13.0 Å². The van der Waals surface area contributed by atoms with Gasteiger partial charge in [0.05, 0.1) is 32.4 Å². The number of nitrogens with zero attached hydrogens (tertiary/aromatic N) is 1. The second-order valence-electron chi connectivity index (χ2n) is 5.84. The Balaban J connectivity index is 3.92. The highest BCUT2D eigenvalue weighted by molar-refractivity contribution is 7.85. The number of quaternary nitrogens is 1. The summed E-state index contributed by atoms with van der Waals surface area (Å²) >= 11 is 0. The largest absolute Gasteiger partial charge is 0.748 e. The Kier molecular flexibility index (Phi) is 8.06. The van der Waals surface area contributed by atoms with Gasteiger partial charge in [-0.05, 0) is 19.8 Å². The lowest BCUT2D eigenvalue weighted by atomic mass is 10.1.